The first-order chi connectivity index (χ1) is 9.56. The molecule has 20 heavy (non-hydrogen) atoms. The van der Waals surface area contributed by atoms with E-state index in [0.717, 1.165) is 53.8 Å². The summed E-state index contributed by atoms with van der Waals surface area (Å²) in [6.07, 6.45) is 1.88. The topological polar surface area (TPSA) is 55.6 Å². The number of hydrogen-bond acceptors (Lipinski definition) is 4. The quantitative estimate of drug-likeness (QED) is 0.910. The molecule has 0 saturated heterocycles. The maximum atomic E-state index is 4.65. The van der Waals surface area contributed by atoms with Crippen molar-refractivity contribution in [1.82, 2.24) is 19.7 Å². The molecule has 108 valence electrons. The van der Waals surface area contributed by atoms with Gasteiger partial charge in [-0.1, -0.05) is 13.8 Å². The third kappa shape index (κ3) is 2.81. The van der Waals surface area contributed by atoms with E-state index in [-0.39, 0.29) is 0 Å². The van der Waals surface area contributed by atoms with Crippen molar-refractivity contribution < 1.29 is 0 Å². The Balaban J connectivity index is 2.54. The molecule has 0 unspecified atom stereocenters. The highest BCUT2D eigenvalue weighted by Gasteiger charge is 2.14. The monoisotopic (exact) mass is 273 g/mol. The zero-order valence-corrected chi connectivity index (χ0v) is 13.0. The van der Waals surface area contributed by atoms with Crippen LogP contribution in [-0.2, 0) is 6.42 Å². The Morgan fingerprint density at radius 2 is 1.90 bits per heavy atom. The maximum absolute atomic E-state index is 4.65. The van der Waals surface area contributed by atoms with E-state index in [1.54, 1.807) is 0 Å². The molecular weight excluding hydrogens is 250 g/mol. The molecule has 2 aromatic rings. The third-order valence-corrected chi connectivity index (χ3v) is 3.24. The number of nitrogens with zero attached hydrogens (tertiary/aromatic N) is 4. The highest BCUT2D eigenvalue weighted by atomic mass is 15.3. The van der Waals surface area contributed by atoms with Gasteiger partial charge in [0.25, 0.3) is 0 Å². The average molecular weight is 273 g/mol. The lowest BCUT2D eigenvalue weighted by atomic mass is 10.2. The number of aryl methyl sites for hydroxylation is 3. The van der Waals surface area contributed by atoms with Crippen molar-refractivity contribution in [2.24, 2.45) is 0 Å². The maximum Gasteiger partial charge on any atom is 0.162 e. The Labute approximate surface area is 120 Å². The summed E-state index contributed by atoms with van der Waals surface area (Å²) in [5.74, 6) is 2.64. The van der Waals surface area contributed by atoms with E-state index in [0.29, 0.717) is 0 Å². The van der Waals surface area contributed by atoms with Gasteiger partial charge in [-0.2, -0.15) is 5.10 Å². The lowest BCUT2D eigenvalue weighted by Gasteiger charge is -2.14. The van der Waals surface area contributed by atoms with Crippen LogP contribution in [0.25, 0.3) is 5.82 Å². The van der Waals surface area contributed by atoms with Crippen molar-refractivity contribution in [3.05, 3.63) is 28.8 Å². The zero-order chi connectivity index (χ0) is 14.7. The van der Waals surface area contributed by atoms with Crippen LogP contribution in [0.5, 0.6) is 0 Å². The minimum atomic E-state index is 0.813. The molecule has 0 fully saturated rings. The minimum absolute atomic E-state index is 0.813. The summed E-state index contributed by atoms with van der Waals surface area (Å²) in [5.41, 5.74) is 3.14. The van der Waals surface area contributed by atoms with Gasteiger partial charge in [0.1, 0.15) is 11.6 Å². The van der Waals surface area contributed by atoms with Crippen molar-refractivity contribution in [1.29, 1.82) is 0 Å². The summed E-state index contributed by atoms with van der Waals surface area (Å²) in [6, 6.07) is 2.06. The smallest absolute Gasteiger partial charge is 0.162 e. The Kier molecular flexibility index (Phi) is 4.37. The van der Waals surface area contributed by atoms with Crippen LogP contribution in [0.2, 0.25) is 0 Å². The Morgan fingerprint density at radius 1 is 1.15 bits per heavy atom. The van der Waals surface area contributed by atoms with E-state index in [4.69, 9.17) is 0 Å². The van der Waals surface area contributed by atoms with Gasteiger partial charge in [0.15, 0.2) is 5.82 Å². The van der Waals surface area contributed by atoms with Crippen molar-refractivity contribution >= 4 is 5.82 Å². The van der Waals surface area contributed by atoms with Crippen molar-refractivity contribution in [2.45, 2.75) is 47.5 Å². The molecule has 0 saturated carbocycles. The summed E-state index contributed by atoms with van der Waals surface area (Å²) >= 11 is 0. The van der Waals surface area contributed by atoms with Gasteiger partial charge in [0.2, 0.25) is 0 Å². The van der Waals surface area contributed by atoms with Gasteiger partial charge in [-0.05, 0) is 33.3 Å². The Morgan fingerprint density at radius 3 is 2.45 bits per heavy atom. The molecule has 0 aliphatic carbocycles. The summed E-state index contributed by atoms with van der Waals surface area (Å²) in [6.45, 7) is 11.2. The van der Waals surface area contributed by atoms with Crippen LogP contribution in [0.3, 0.4) is 0 Å². The first-order valence-corrected chi connectivity index (χ1v) is 7.21. The fourth-order valence-corrected chi connectivity index (χ4v) is 2.17. The molecule has 0 bridgehead atoms. The number of hydrogen-bond donors (Lipinski definition) is 1. The first kappa shape index (κ1) is 14.5. The van der Waals surface area contributed by atoms with E-state index in [1.807, 2.05) is 25.5 Å². The number of aromatic nitrogens is 4. The SMILES string of the molecule is CCCNc1nc(CC)nc(-n2nc(C)cc2C)c1C. The van der Waals surface area contributed by atoms with Crippen molar-refractivity contribution in [3.63, 3.8) is 0 Å². The van der Waals surface area contributed by atoms with E-state index in [2.05, 4.69) is 40.3 Å². The van der Waals surface area contributed by atoms with E-state index >= 15 is 0 Å². The molecule has 5 heteroatoms. The van der Waals surface area contributed by atoms with Crippen LogP contribution in [0.4, 0.5) is 5.82 Å². The van der Waals surface area contributed by atoms with E-state index < -0.39 is 0 Å². The zero-order valence-electron chi connectivity index (χ0n) is 13.0. The first-order valence-electron chi connectivity index (χ1n) is 7.21. The number of rotatable bonds is 5. The van der Waals surface area contributed by atoms with Crippen LogP contribution in [0.15, 0.2) is 6.07 Å². The normalized spacial score (nSPS) is 10.8. The summed E-state index contributed by atoms with van der Waals surface area (Å²) in [5, 5.41) is 7.92. The standard InChI is InChI=1S/C15H23N5/c1-6-8-16-14-12(5)15(18-13(7-2)17-14)20-11(4)9-10(3)19-20/h9H,6-8H2,1-5H3,(H,16,17,18). The van der Waals surface area contributed by atoms with Gasteiger partial charge in [-0.15, -0.1) is 0 Å². The van der Waals surface area contributed by atoms with E-state index in [9.17, 15) is 0 Å². The average Bonchev–Trinajstić information content (AvgIpc) is 2.76. The molecule has 2 heterocycles. The van der Waals surface area contributed by atoms with Gasteiger partial charge in [0.05, 0.1) is 5.69 Å². The van der Waals surface area contributed by atoms with Crippen LogP contribution >= 0.6 is 0 Å². The van der Waals surface area contributed by atoms with Crippen molar-refractivity contribution in [2.75, 3.05) is 11.9 Å². The summed E-state index contributed by atoms with van der Waals surface area (Å²) in [7, 11) is 0. The van der Waals surface area contributed by atoms with Crippen LogP contribution in [0.1, 0.15) is 43.0 Å². The highest BCUT2D eigenvalue weighted by Crippen LogP contribution is 2.20. The summed E-state index contributed by atoms with van der Waals surface area (Å²) in [4.78, 5) is 9.24. The molecule has 0 amide bonds. The van der Waals surface area contributed by atoms with Gasteiger partial charge in [0, 0.05) is 24.2 Å². The second-order valence-corrected chi connectivity index (χ2v) is 5.06. The molecule has 1 N–H and O–H groups in total. The summed E-state index contributed by atoms with van der Waals surface area (Å²) < 4.78 is 1.91. The fourth-order valence-electron chi connectivity index (χ4n) is 2.17. The fraction of sp³-hybridized carbons (Fsp3) is 0.533. The molecule has 0 spiro atoms. The number of anilines is 1. The predicted octanol–water partition coefficient (Wildman–Crippen LogP) is 2.97. The minimum Gasteiger partial charge on any atom is -0.370 e. The lowest BCUT2D eigenvalue weighted by molar-refractivity contribution is 0.773. The number of nitrogens with one attached hydrogen (secondary N) is 1. The highest BCUT2D eigenvalue weighted by molar-refractivity contribution is 5.52. The van der Waals surface area contributed by atoms with Crippen LogP contribution in [0, 0.1) is 20.8 Å². The Bertz CT molecular complexity index is 601. The molecule has 2 aromatic heterocycles. The molecule has 0 atom stereocenters. The molecule has 5 nitrogen and oxygen atoms in total. The van der Waals surface area contributed by atoms with Crippen LogP contribution in [-0.4, -0.2) is 26.3 Å². The van der Waals surface area contributed by atoms with Gasteiger partial charge in [-0.25, -0.2) is 14.6 Å². The molecule has 0 aromatic carbocycles. The third-order valence-electron chi connectivity index (χ3n) is 3.24. The largest absolute Gasteiger partial charge is 0.370 e. The molecule has 2 rings (SSSR count). The second-order valence-electron chi connectivity index (χ2n) is 5.06. The van der Waals surface area contributed by atoms with E-state index in [1.165, 1.54) is 0 Å². The molecule has 0 aliphatic rings. The van der Waals surface area contributed by atoms with Crippen LogP contribution < -0.4 is 5.32 Å². The van der Waals surface area contributed by atoms with Gasteiger partial charge < -0.3 is 5.32 Å². The second kappa shape index (κ2) is 6.03. The molecule has 0 aliphatic heterocycles. The molecular formula is C15H23N5. The molecule has 0 radical (unpaired) electrons. The predicted molar refractivity (Wildman–Crippen MR) is 81.5 cm³/mol. The van der Waals surface area contributed by atoms with Crippen molar-refractivity contribution in [3.8, 4) is 5.82 Å². The van der Waals surface area contributed by atoms with Gasteiger partial charge >= 0.3 is 0 Å². The lowest BCUT2D eigenvalue weighted by Crippen LogP contribution is -2.13. The Hall–Kier alpha value is -1.91. The van der Waals surface area contributed by atoms with Gasteiger partial charge in [-0.3, -0.25) is 0 Å².